The van der Waals surface area contributed by atoms with Crippen LogP contribution in [0.5, 0.6) is 0 Å². The summed E-state index contributed by atoms with van der Waals surface area (Å²) in [6, 6.07) is 6.40. The van der Waals surface area contributed by atoms with E-state index in [1.807, 2.05) is 0 Å². The fourth-order valence-corrected chi connectivity index (χ4v) is 2.68. The summed E-state index contributed by atoms with van der Waals surface area (Å²) in [5, 5.41) is 9.90. The normalized spacial score (nSPS) is 19.5. The third-order valence-corrected chi connectivity index (χ3v) is 3.72. The van der Waals surface area contributed by atoms with Crippen LogP contribution in [0.15, 0.2) is 24.3 Å². The number of aliphatic hydroxyl groups is 1. The van der Waals surface area contributed by atoms with Crippen molar-refractivity contribution in [2.24, 2.45) is 5.92 Å². The molecule has 1 N–H and O–H groups in total. The van der Waals surface area contributed by atoms with Crippen molar-refractivity contribution in [3.63, 3.8) is 0 Å². The van der Waals surface area contributed by atoms with Crippen LogP contribution in [0.25, 0.3) is 0 Å². The lowest BCUT2D eigenvalue weighted by atomic mass is 9.89. The molecule has 1 atom stereocenters. The van der Waals surface area contributed by atoms with Gasteiger partial charge >= 0.3 is 0 Å². The van der Waals surface area contributed by atoms with Gasteiger partial charge in [0.05, 0.1) is 0 Å². The molecule has 0 amide bonds. The molecule has 1 aromatic rings. The molecule has 1 fully saturated rings. The van der Waals surface area contributed by atoms with Crippen LogP contribution >= 0.6 is 0 Å². The van der Waals surface area contributed by atoms with E-state index in [-0.39, 0.29) is 11.5 Å². The van der Waals surface area contributed by atoms with Crippen LogP contribution in [0.3, 0.4) is 0 Å². The smallest absolute Gasteiger partial charge is 0.299 e. The maximum Gasteiger partial charge on any atom is 0.299 e. The molecule has 1 nitrogen and oxygen atoms in total. The summed E-state index contributed by atoms with van der Waals surface area (Å²) in [5.41, 5.74) is 0.494. The van der Waals surface area contributed by atoms with Crippen molar-refractivity contribution >= 4 is 0 Å². The fourth-order valence-electron chi connectivity index (χ4n) is 2.68. The zero-order chi connectivity index (χ0) is 12.5. The molecule has 94 valence electrons. The lowest BCUT2D eigenvalue weighted by molar-refractivity contribution is -0.137. The maximum atomic E-state index is 14.2. The Morgan fingerprint density at radius 2 is 1.82 bits per heavy atom. The summed E-state index contributed by atoms with van der Waals surface area (Å²) in [6.07, 6.45) is 1.77. The van der Waals surface area contributed by atoms with Crippen molar-refractivity contribution in [3.8, 4) is 0 Å². The molecule has 3 heteroatoms. The van der Waals surface area contributed by atoms with E-state index in [1.54, 1.807) is 25.1 Å². The molecule has 1 aromatic carbocycles. The molecule has 0 aromatic heterocycles. The Balaban J connectivity index is 2.25. The molecule has 0 aliphatic heterocycles. The van der Waals surface area contributed by atoms with Gasteiger partial charge in [0.25, 0.3) is 5.92 Å². The Hall–Kier alpha value is -0.960. The van der Waals surface area contributed by atoms with Gasteiger partial charge in [-0.1, -0.05) is 37.1 Å². The van der Waals surface area contributed by atoms with E-state index in [2.05, 4.69) is 0 Å². The van der Waals surface area contributed by atoms with Crippen LogP contribution < -0.4 is 0 Å². The zero-order valence-electron chi connectivity index (χ0n) is 10.00. The molecular weight excluding hydrogens is 222 g/mol. The van der Waals surface area contributed by atoms with E-state index in [0.29, 0.717) is 18.4 Å². The third kappa shape index (κ3) is 2.34. The number of hydrogen-bond acceptors (Lipinski definition) is 1. The molecular formula is C14H18F2O. The first-order chi connectivity index (χ1) is 8.03. The van der Waals surface area contributed by atoms with E-state index < -0.39 is 12.0 Å². The summed E-state index contributed by atoms with van der Waals surface area (Å²) in [7, 11) is 0. The molecule has 0 bridgehead atoms. The van der Waals surface area contributed by atoms with Gasteiger partial charge in [0.2, 0.25) is 0 Å². The van der Waals surface area contributed by atoms with Gasteiger partial charge < -0.3 is 5.11 Å². The molecule has 0 heterocycles. The highest BCUT2D eigenvalue weighted by Gasteiger charge is 2.45. The van der Waals surface area contributed by atoms with Gasteiger partial charge in [-0.15, -0.1) is 0 Å². The molecule has 17 heavy (non-hydrogen) atoms. The highest BCUT2D eigenvalue weighted by Crippen LogP contribution is 2.41. The van der Waals surface area contributed by atoms with Crippen molar-refractivity contribution < 1.29 is 13.9 Å². The fraction of sp³-hybridized carbons (Fsp3) is 0.571. The van der Waals surface area contributed by atoms with Crippen molar-refractivity contribution in [2.45, 2.75) is 44.6 Å². The van der Waals surface area contributed by atoms with Crippen LogP contribution in [0.1, 0.15) is 36.8 Å². The van der Waals surface area contributed by atoms with Crippen molar-refractivity contribution in [3.05, 3.63) is 35.4 Å². The minimum Gasteiger partial charge on any atom is -0.386 e. The predicted octanol–water partition coefficient (Wildman–Crippen LogP) is 3.64. The lowest BCUT2D eigenvalue weighted by Gasteiger charge is -2.28. The van der Waals surface area contributed by atoms with E-state index in [9.17, 15) is 13.9 Å². The van der Waals surface area contributed by atoms with Gasteiger partial charge in [0.15, 0.2) is 0 Å². The third-order valence-electron chi connectivity index (χ3n) is 3.72. The van der Waals surface area contributed by atoms with Crippen LogP contribution in [-0.4, -0.2) is 11.2 Å². The standard InChI is InChI=1S/C14H18F2O/c1-10-6-2-5-9-12(10)14(15,16)13(17)11-7-3-4-8-11/h2,5-6,9,11,13,17H,3-4,7-8H2,1H3. The Morgan fingerprint density at radius 1 is 1.24 bits per heavy atom. The molecule has 0 radical (unpaired) electrons. The molecule has 1 saturated carbocycles. The first-order valence-corrected chi connectivity index (χ1v) is 6.15. The van der Waals surface area contributed by atoms with Crippen LogP contribution in [-0.2, 0) is 5.92 Å². The summed E-state index contributed by atoms with van der Waals surface area (Å²) in [5.74, 6) is -3.40. The van der Waals surface area contributed by atoms with E-state index >= 15 is 0 Å². The van der Waals surface area contributed by atoms with Gasteiger partial charge in [0, 0.05) is 5.56 Å². The SMILES string of the molecule is Cc1ccccc1C(F)(F)C(O)C1CCCC1. The molecule has 1 aliphatic rings. The Labute approximate surface area is 100 Å². The van der Waals surface area contributed by atoms with Gasteiger partial charge in [0.1, 0.15) is 6.10 Å². The first kappa shape index (κ1) is 12.5. The van der Waals surface area contributed by atoms with Gasteiger partial charge in [-0.05, 0) is 31.2 Å². The minimum absolute atomic E-state index is 0.0422. The second-order valence-corrected chi connectivity index (χ2v) is 4.93. The number of hydrogen-bond donors (Lipinski definition) is 1. The number of halogens is 2. The number of aliphatic hydroxyl groups excluding tert-OH is 1. The van der Waals surface area contributed by atoms with Crippen molar-refractivity contribution in [1.29, 1.82) is 0 Å². The molecule has 2 rings (SSSR count). The van der Waals surface area contributed by atoms with Crippen LogP contribution in [0.2, 0.25) is 0 Å². The number of aryl methyl sites for hydroxylation is 1. The van der Waals surface area contributed by atoms with Crippen LogP contribution in [0, 0.1) is 12.8 Å². The summed E-state index contributed by atoms with van der Waals surface area (Å²) >= 11 is 0. The average molecular weight is 240 g/mol. The molecule has 1 unspecified atom stereocenters. The maximum absolute atomic E-state index is 14.2. The molecule has 0 saturated heterocycles. The van der Waals surface area contributed by atoms with E-state index in [4.69, 9.17) is 0 Å². The summed E-state index contributed by atoms with van der Waals surface area (Å²) in [6.45, 7) is 1.66. The second-order valence-electron chi connectivity index (χ2n) is 4.93. The Bertz CT molecular complexity index is 384. The number of alkyl halides is 2. The number of benzene rings is 1. The van der Waals surface area contributed by atoms with Crippen molar-refractivity contribution in [2.75, 3.05) is 0 Å². The second kappa shape index (κ2) is 4.73. The highest BCUT2D eigenvalue weighted by molar-refractivity contribution is 5.30. The Kier molecular flexibility index (Phi) is 3.48. The van der Waals surface area contributed by atoms with Gasteiger partial charge in [-0.2, -0.15) is 8.78 Å². The zero-order valence-corrected chi connectivity index (χ0v) is 10.00. The van der Waals surface area contributed by atoms with E-state index in [0.717, 1.165) is 12.8 Å². The predicted molar refractivity (Wildman–Crippen MR) is 63.0 cm³/mol. The first-order valence-electron chi connectivity index (χ1n) is 6.15. The average Bonchev–Trinajstić information content (AvgIpc) is 2.81. The Morgan fingerprint density at radius 3 is 2.41 bits per heavy atom. The lowest BCUT2D eigenvalue weighted by Crippen LogP contribution is -2.36. The molecule has 1 aliphatic carbocycles. The topological polar surface area (TPSA) is 20.2 Å². The monoisotopic (exact) mass is 240 g/mol. The summed E-state index contributed by atoms with van der Waals surface area (Å²) in [4.78, 5) is 0. The summed E-state index contributed by atoms with van der Waals surface area (Å²) < 4.78 is 28.4. The number of rotatable bonds is 3. The van der Waals surface area contributed by atoms with Gasteiger partial charge in [-0.25, -0.2) is 0 Å². The van der Waals surface area contributed by atoms with Gasteiger partial charge in [-0.3, -0.25) is 0 Å². The van der Waals surface area contributed by atoms with E-state index in [1.165, 1.54) is 6.07 Å². The van der Waals surface area contributed by atoms with Crippen molar-refractivity contribution in [1.82, 2.24) is 0 Å². The molecule has 0 spiro atoms. The minimum atomic E-state index is -3.14. The largest absolute Gasteiger partial charge is 0.386 e. The van der Waals surface area contributed by atoms with Crippen LogP contribution in [0.4, 0.5) is 8.78 Å². The quantitative estimate of drug-likeness (QED) is 0.855. The highest BCUT2D eigenvalue weighted by atomic mass is 19.3.